The highest BCUT2D eigenvalue weighted by Crippen LogP contribution is 2.24. The fraction of sp³-hybridized carbons (Fsp3) is 0.800. The molecule has 0 heterocycles. The van der Waals surface area contributed by atoms with Crippen LogP contribution in [0, 0.1) is 5.92 Å². The van der Waals surface area contributed by atoms with Crippen molar-refractivity contribution in [3.05, 3.63) is 0 Å². The molecule has 0 atom stereocenters. The Kier molecular flexibility index (Phi) is 9.89. The van der Waals surface area contributed by atoms with Gasteiger partial charge in [0.1, 0.15) is 19.0 Å². The number of carbonyl (C=O) groups is 3. The maximum atomic E-state index is 11.8. The van der Waals surface area contributed by atoms with E-state index in [1.165, 1.54) is 0 Å². The Hall–Kier alpha value is -1.12. The van der Waals surface area contributed by atoms with E-state index in [1.54, 1.807) is 13.2 Å². The third-order valence-electron chi connectivity index (χ3n) is 3.78. The molecule has 2 N–H and O–H groups in total. The van der Waals surface area contributed by atoms with Gasteiger partial charge in [0, 0.05) is 24.8 Å². The van der Waals surface area contributed by atoms with E-state index in [4.69, 9.17) is 8.92 Å². The van der Waals surface area contributed by atoms with Gasteiger partial charge < -0.3 is 19.6 Å². The Labute approximate surface area is 141 Å². The van der Waals surface area contributed by atoms with E-state index in [-0.39, 0.29) is 49.4 Å². The summed E-state index contributed by atoms with van der Waals surface area (Å²) >= 11 is 1.13. The molecule has 0 saturated heterocycles. The van der Waals surface area contributed by atoms with Gasteiger partial charge in [-0.15, -0.1) is 0 Å². The molecule has 0 aromatic carbocycles. The van der Waals surface area contributed by atoms with Crippen LogP contribution in [0.2, 0.25) is 0 Å². The van der Waals surface area contributed by atoms with E-state index in [0.29, 0.717) is 6.54 Å². The van der Waals surface area contributed by atoms with Crippen LogP contribution in [0.3, 0.4) is 0 Å². The summed E-state index contributed by atoms with van der Waals surface area (Å²) in [4.78, 5) is 34.3. The summed E-state index contributed by atoms with van der Waals surface area (Å²) in [5.41, 5.74) is 0. The maximum absolute atomic E-state index is 11.8. The molecule has 1 saturated carbocycles. The highest BCUT2D eigenvalue weighted by Gasteiger charge is 2.24. The number of hydrogen-bond donors (Lipinski definition) is 2. The van der Waals surface area contributed by atoms with Crippen molar-refractivity contribution >= 4 is 29.6 Å². The van der Waals surface area contributed by atoms with E-state index in [2.05, 4.69) is 10.6 Å². The zero-order valence-corrected chi connectivity index (χ0v) is 14.6. The monoisotopic (exact) mass is 346 g/mol. The van der Waals surface area contributed by atoms with Crippen molar-refractivity contribution in [1.82, 2.24) is 10.6 Å². The van der Waals surface area contributed by atoms with Crippen molar-refractivity contribution in [1.29, 1.82) is 0 Å². The van der Waals surface area contributed by atoms with Crippen LogP contribution >= 0.6 is 12.0 Å². The number of rotatable bonds is 10. The van der Waals surface area contributed by atoms with Gasteiger partial charge >= 0.3 is 0 Å². The lowest BCUT2D eigenvalue weighted by Gasteiger charge is -2.27. The number of nitrogens with one attached hydrogen (secondary N) is 2. The lowest BCUT2D eigenvalue weighted by molar-refractivity contribution is -0.126. The normalized spacial score (nSPS) is 20.8. The van der Waals surface area contributed by atoms with Crippen molar-refractivity contribution in [2.75, 3.05) is 32.6 Å². The second-order valence-corrected chi connectivity index (χ2v) is 6.13. The largest absolute Gasteiger partial charge is 0.370 e. The molecule has 0 unspecified atom stereocenters. The Morgan fingerprint density at radius 2 is 1.78 bits per heavy atom. The van der Waals surface area contributed by atoms with Crippen molar-refractivity contribution in [2.45, 2.75) is 38.6 Å². The van der Waals surface area contributed by atoms with Crippen molar-refractivity contribution < 1.29 is 23.3 Å². The summed E-state index contributed by atoms with van der Waals surface area (Å²) in [7, 11) is 0. The van der Waals surface area contributed by atoms with E-state index in [9.17, 15) is 14.4 Å². The van der Waals surface area contributed by atoms with Crippen molar-refractivity contribution in [3.8, 4) is 0 Å². The second kappa shape index (κ2) is 11.4. The molecule has 7 nitrogen and oxygen atoms in total. The maximum Gasteiger partial charge on any atom is 0.247 e. The fourth-order valence-electron chi connectivity index (χ4n) is 2.50. The standard InChI is InChI=1S/C15H26N2O5S/c1-11(18)12-3-5-13(6-4-12)17-15(20)9-21-8-7-16-14(19)10-22-23-2/h12-13H,3-10H2,1-2H3,(H,16,19)(H,17,20)/t12-,13+. The first-order chi connectivity index (χ1) is 11.0. The lowest BCUT2D eigenvalue weighted by Crippen LogP contribution is -2.40. The van der Waals surface area contributed by atoms with Crippen molar-refractivity contribution in [2.24, 2.45) is 5.92 Å². The number of ether oxygens (including phenoxy) is 1. The number of carbonyl (C=O) groups excluding carboxylic acids is 3. The van der Waals surface area contributed by atoms with Crippen LogP contribution in [0.5, 0.6) is 0 Å². The highest BCUT2D eigenvalue weighted by atomic mass is 32.2. The summed E-state index contributed by atoms with van der Waals surface area (Å²) in [6, 6.07) is 0.130. The summed E-state index contributed by atoms with van der Waals surface area (Å²) in [6.45, 7) is 2.22. The van der Waals surface area contributed by atoms with E-state index < -0.39 is 0 Å². The van der Waals surface area contributed by atoms with Crippen LogP contribution in [0.15, 0.2) is 0 Å². The van der Waals surface area contributed by atoms with Crippen LogP contribution in [-0.2, 0) is 23.3 Å². The first-order valence-electron chi connectivity index (χ1n) is 7.82. The van der Waals surface area contributed by atoms with Crippen LogP contribution in [0.4, 0.5) is 0 Å². The predicted molar refractivity (Wildman–Crippen MR) is 87.9 cm³/mol. The van der Waals surface area contributed by atoms with Gasteiger partial charge in [0.05, 0.1) is 6.61 Å². The molecule has 1 aliphatic carbocycles. The van der Waals surface area contributed by atoms with Gasteiger partial charge in [0.25, 0.3) is 0 Å². The molecule has 0 aliphatic heterocycles. The first-order valence-corrected chi connectivity index (χ1v) is 8.97. The molecule has 1 fully saturated rings. The van der Waals surface area contributed by atoms with E-state index in [0.717, 1.165) is 37.7 Å². The Morgan fingerprint density at radius 3 is 2.39 bits per heavy atom. The average molecular weight is 346 g/mol. The van der Waals surface area contributed by atoms with Gasteiger partial charge in [-0.2, -0.15) is 0 Å². The quantitative estimate of drug-likeness (QED) is 0.446. The number of hydrogen-bond acceptors (Lipinski definition) is 6. The third-order valence-corrected chi connectivity index (χ3v) is 4.13. The molecule has 1 aliphatic rings. The molecular formula is C15H26N2O5S. The minimum absolute atomic E-state index is 0.00455. The molecule has 0 aromatic heterocycles. The van der Waals surface area contributed by atoms with Crippen molar-refractivity contribution in [3.63, 3.8) is 0 Å². The molecular weight excluding hydrogens is 320 g/mol. The molecule has 0 spiro atoms. The molecule has 0 bridgehead atoms. The number of Topliss-reactive ketones (excluding diaryl/α,β-unsaturated/α-hetero) is 1. The van der Waals surface area contributed by atoms with Crippen LogP contribution in [0.1, 0.15) is 32.6 Å². The molecule has 0 radical (unpaired) electrons. The molecule has 2 amide bonds. The van der Waals surface area contributed by atoms with Crippen LogP contribution in [-0.4, -0.2) is 56.3 Å². The number of ketones is 1. The van der Waals surface area contributed by atoms with Gasteiger partial charge in [0.2, 0.25) is 11.8 Å². The molecule has 132 valence electrons. The zero-order valence-electron chi connectivity index (χ0n) is 13.8. The predicted octanol–water partition coefficient (Wildman–Crippen LogP) is 0.678. The summed E-state index contributed by atoms with van der Waals surface area (Å²) < 4.78 is 10.1. The zero-order chi connectivity index (χ0) is 17.1. The topological polar surface area (TPSA) is 93.7 Å². The summed E-state index contributed by atoms with van der Waals surface area (Å²) in [6.07, 6.45) is 5.08. The van der Waals surface area contributed by atoms with Gasteiger partial charge in [-0.05, 0) is 44.6 Å². The Bertz CT molecular complexity index is 397. The fourth-order valence-corrected chi connectivity index (χ4v) is 2.73. The lowest BCUT2D eigenvalue weighted by atomic mass is 9.84. The van der Waals surface area contributed by atoms with Crippen LogP contribution in [0.25, 0.3) is 0 Å². The Balaban J connectivity index is 2.03. The molecule has 8 heteroatoms. The Morgan fingerprint density at radius 1 is 1.09 bits per heavy atom. The summed E-state index contributed by atoms with van der Waals surface area (Å²) in [5, 5.41) is 5.54. The summed E-state index contributed by atoms with van der Waals surface area (Å²) in [5.74, 6) is 0.0177. The first kappa shape index (κ1) is 19.9. The minimum Gasteiger partial charge on any atom is -0.370 e. The second-order valence-electron chi connectivity index (χ2n) is 5.56. The molecule has 23 heavy (non-hydrogen) atoms. The molecule has 1 rings (SSSR count). The number of amides is 2. The smallest absolute Gasteiger partial charge is 0.247 e. The van der Waals surface area contributed by atoms with Gasteiger partial charge in [-0.1, -0.05) is 0 Å². The highest BCUT2D eigenvalue weighted by molar-refractivity contribution is 7.93. The SMILES string of the molecule is CSOCC(=O)NCCOCC(=O)N[C@H]1CC[C@@H](C(C)=O)CC1. The third kappa shape index (κ3) is 8.92. The van der Waals surface area contributed by atoms with Gasteiger partial charge in [0.15, 0.2) is 0 Å². The van der Waals surface area contributed by atoms with E-state index in [1.807, 2.05) is 0 Å². The van der Waals surface area contributed by atoms with Gasteiger partial charge in [-0.25, -0.2) is 0 Å². The van der Waals surface area contributed by atoms with Gasteiger partial charge in [-0.3, -0.25) is 14.4 Å². The molecule has 0 aromatic rings. The average Bonchev–Trinajstić information content (AvgIpc) is 2.53. The van der Waals surface area contributed by atoms with Crippen LogP contribution < -0.4 is 10.6 Å². The minimum atomic E-state index is -0.213. The van der Waals surface area contributed by atoms with E-state index >= 15 is 0 Å².